The predicted octanol–water partition coefficient (Wildman–Crippen LogP) is 3.01. The summed E-state index contributed by atoms with van der Waals surface area (Å²) in [6, 6.07) is 7.59. The lowest BCUT2D eigenvalue weighted by atomic mass is 9.98. The van der Waals surface area contributed by atoms with Gasteiger partial charge in [0.2, 0.25) is 0 Å². The quantitative estimate of drug-likeness (QED) is 0.885. The molecule has 1 heterocycles. The smallest absolute Gasteiger partial charge is 0.0236 e. The minimum atomic E-state index is 0.699. The van der Waals surface area contributed by atoms with Gasteiger partial charge >= 0.3 is 0 Å². The van der Waals surface area contributed by atoms with Gasteiger partial charge in [0.15, 0.2) is 0 Å². The molecule has 0 spiro atoms. The van der Waals surface area contributed by atoms with Gasteiger partial charge in [0.05, 0.1) is 0 Å². The van der Waals surface area contributed by atoms with Crippen molar-refractivity contribution >= 4 is 0 Å². The summed E-state index contributed by atoms with van der Waals surface area (Å²) >= 11 is 0. The molecule has 1 aliphatic heterocycles. The van der Waals surface area contributed by atoms with Crippen LogP contribution in [0.15, 0.2) is 18.2 Å². The highest BCUT2D eigenvalue weighted by Gasteiger charge is 2.21. The van der Waals surface area contributed by atoms with E-state index in [-0.39, 0.29) is 0 Å². The van der Waals surface area contributed by atoms with Crippen LogP contribution in [-0.4, -0.2) is 24.0 Å². The van der Waals surface area contributed by atoms with Crippen LogP contribution in [0.2, 0.25) is 0 Å². The summed E-state index contributed by atoms with van der Waals surface area (Å²) in [5, 5.41) is 0. The number of nitrogens with zero attached hydrogens (tertiary/aromatic N) is 1. The van der Waals surface area contributed by atoms with E-state index in [0.717, 1.165) is 19.5 Å². The van der Waals surface area contributed by atoms with Gasteiger partial charge in [-0.05, 0) is 51.8 Å². The summed E-state index contributed by atoms with van der Waals surface area (Å²) in [5.74, 6) is 0. The fourth-order valence-corrected chi connectivity index (χ4v) is 3.18. The molecule has 0 radical (unpaired) electrons. The first-order valence-electron chi connectivity index (χ1n) is 7.20. The Bertz CT molecular complexity index is 364. The van der Waals surface area contributed by atoms with Gasteiger partial charge in [0.1, 0.15) is 0 Å². The Morgan fingerprint density at radius 1 is 1.17 bits per heavy atom. The molecule has 1 atom stereocenters. The minimum absolute atomic E-state index is 0.699. The summed E-state index contributed by atoms with van der Waals surface area (Å²) < 4.78 is 0. The fraction of sp³-hybridized carbons (Fsp3) is 0.625. The monoisotopic (exact) mass is 246 g/mol. The summed E-state index contributed by atoms with van der Waals surface area (Å²) in [6.45, 7) is 7.51. The van der Waals surface area contributed by atoms with Crippen LogP contribution in [0.4, 0.5) is 0 Å². The standard InChI is InChI=1S/C16H26N2/c1-13-9-14(2)11-15(10-13)12-18-8-4-3-5-16(18)6-7-17/h9-11,16H,3-8,12,17H2,1-2H3. The molecule has 0 amide bonds. The Morgan fingerprint density at radius 3 is 2.56 bits per heavy atom. The molecule has 0 saturated carbocycles. The van der Waals surface area contributed by atoms with E-state index in [9.17, 15) is 0 Å². The first-order chi connectivity index (χ1) is 8.69. The number of hydrogen-bond acceptors (Lipinski definition) is 2. The van der Waals surface area contributed by atoms with E-state index >= 15 is 0 Å². The van der Waals surface area contributed by atoms with Crippen LogP contribution in [0.1, 0.15) is 42.4 Å². The Kier molecular flexibility index (Phi) is 4.79. The number of hydrogen-bond donors (Lipinski definition) is 1. The van der Waals surface area contributed by atoms with Crippen molar-refractivity contribution in [1.29, 1.82) is 0 Å². The summed E-state index contributed by atoms with van der Waals surface area (Å²) in [6.07, 6.45) is 5.17. The molecule has 1 saturated heterocycles. The van der Waals surface area contributed by atoms with Crippen molar-refractivity contribution in [2.24, 2.45) is 5.73 Å². The molecule has 1 fully saturated rings. The van der Waals surface area contributed by atoms with Crippen LogP contribution >= 0.6 is 0 Å². The molecule has 0 aromatic heterocycles. The van der Waals surface area contributed by atoms with Crippen molar-refractivity contribution in [3.05, 3.63) is 34.9 Å². The highest BCUT2D eigenvalue weighted by molar-refractivity contribution is 5.28. The van der Waals surface area contributed by atoms with Crippen molar-refractivity contribution in [1.82, 2.24) is 4.90 Å². The number of benzene rings is 1. The SMILES string of the molecule is Cc1cc(C)cc(CN2CCCCC2CCN)c1. The Labute approximate surface area is 111 Å². The first-order valence-corrected chi connectivity index (χ1v) is 7.20. The fourth-order valence-electron chi connectivity index (χ4n) is 3.18. The van der Waals surface area contributed by atoms with Gasteiger partial charge in [-0.2, -0.15) is 0 Å². The highest BCUT2D eigenvalue weighted by atomic mass is 15.2. The van der Waals surface area contributed by atoms with Gasteiger partial charge in [-0.15, -0.1) is 0 Å². The van der Waals surface area contributed by atoms with Crippen LogP contribution in [0.25, 0.3) is 0 Å². The number of rotatable bonds is 4. The zero-order chi connectivity index (χ0) is 13.0. The summed E-state index contributed by atoms with van der Waals surface area (Å²) in [4.78, 5) is 2.63. The van der Waals surface area contributed by atoms with Crippen molar-refractivity contribution < 1.29 is 0 Å². The van der Waals surface area contributed by atoms with Gasteiger partial charge in [-0.25, -0.2) is 0 Å². The van der Waals surface area contributed by atoms with Gasteiger partial charge in [-0.3, -0.25) is 4.90 Å². The molecule has 1 aromatic rings. The average molecular weight is 246 g/mol. The van der Waals surface area contributed by atoms with Crippen molar-refractivity contribution in [2.45, 2.75) is 52.1 Å². The van der Waals surface area contributed by atoms with Crippen LogP contribution in [-0.2, 0) is 6.54 Å². The molecule has 18 heavy (non-hydrogen) atoms. The number of aryl methyl sites for hydroxylation is 2. The Hall–Kier alpha value is -0.860. The molecular weight excluding hydrogens is 220 g/mol. The number of likely N-dealkylation sites (tertiary alicyclic amines) is 1. The molecule has 1 aromatic carbocycles. The lowest BCUT2D eigenvalue weighted by Crippen LogP contribution is -2.40. The van der Waals surface area contributed by atoms with Gasteiger partial charge in [-0.1, -0.05) is 35.7 Å². The maximum absolute atomic E-state index is 5.74. The average Bonchev–Trinajstić information content (AvgIpc) is 2.30. The van der Waals surface area contributed by atoms with E-state index in [4.69, 9.17) is 5.73 Å². The maximum atomic E-state index is 5.74. The highest BCUT2D eigenvalue weighted by Crippen LogP contribution is 2.22. The minimum Gasteiger partial charge on any atom is -0.330 e. The van der Waals surface area contributed by atoms with E-state index in [1.165, 1.54) is 42.5 Å². The molecule has 2 nitrogen and oxygen atoms in total. The van der Waals surface area contributed by atoms with E-state index in [2.05, 4.69) is 36.9 Å². The Balaban J connectivity index is 2.05. The number of nitrogens with two attached hydrogens (primary N) is 1. The second kappa shape index (κ2) is 6.35. The maximum Gasteiger partial charge on any atom is 0.0236 e. The van der Waals surface area contributed by atoms with E-state index in [1.54, 1.807) is 0 Å². The third-order valence-electron chi connectivity index (χ3n) is 3.92. The van der Waals surface area contributed by atoms with Crippen LogP contribution in [0, 0.1) is 13.8 Å². The third-order valence-corrected chi connectivity index (χ3v) is 3.92. The second-order valence-electron chi connectivity index (χ2n) is 5.69. The topological polar surface area (TPSA) is 29.3 Å². The van der Waals surface area contributed by atoms with E-state index < -0.39 is 0 Å². The predicted molar refractivity (Wildman–Crippen MR) is 77.6 cm³/mol. The largest absolute Gasteiger partial charge is 0.330 e. The second-order valence-corrected chi connectivity index (χ2v) is 5.69. The lowest BCUT2D eigenvalue weighted by Gasteiger charge is -2.35. The third kappa shape index (κ3) is 3.56. The molecule has 0 aliphatic carbocycles. The van der Waals surface area contributed by atoms with Gasteiger partial charge in [0.25, 0.3) is 0 Å². The molecule has 2 rings (SSSR count). The zero-order valence-electron chi connectivity index (χ0n) is 11.8. The van der Waals surface area contributed by atoms with Gasteiger partial charge < -0.3 is 5.73 Å². The Morgan fingerprint density at radius 2 is 1.89 bits per heavy atom. The van der Waals surface area contributed by atoms with E-state index in [0.29, 0.717) is 6.04 Å². The zero-order valence-corrected chi connectivity index (χ0v) is 11.8. The molecular formula is C16H26N2. The van der Waals surface area contributed by atoms with Crippen molar-refractivity contribution in [3.8, 4) is 0 Å². The molecule has 1 aliphatic rings. The molecule has 2 N–H and O–H groups in total. The van der Waals surface area contributed by atoms with Crippen LogP contribution in [0.3, 0.4) is 0 Å². The first kappa shape index (κ1) is 13.6. The van der Waals surface area contributed by atoms with Crippen LogP contribution < -0.4 is 5.73 Å². The van der Waals surface area contributed by atoms with Crippen LogP contribution in [0.5, 0.6) is 0 Å². The summed E-state index contributed by atoms with van der Waals surface area (Å²) in [7, 11) is 0. The molecule has 1 unspecified atom stereocenters. The van der Waals surface area contributed by atoms with Crippen molar-refractivity contribution in [2.75, 3.05) is 13.1 Å². The molecule has 2 heteroatoms. The van der Waals surface area contributed by atoms with Gasteiger partial charge in [0, 0.05) is 12.6 Å². The molecule has 100 valence electrons. The van der Waals surface area contributed by atoms with E-state index in [1.807, 2.05) is 0 Å². The molecule has 0 bridgehead atoms. The lowest BCUT2D eigenvalue weighted by molar-refractivity contribution is 0.134. The normalized spacial score (nSPS) is 21.2. The number of piperidine rings is 1. The summed E-state index contributed by atoms with van der Waals surface area (Å²) in [5.41, 5.74) is 9.94. The van der Waals surface area contributed by atoms with Crippen molar-refractivity contribution in [3.63, 3.8) is 0 Å².